The Morgan fingerprint density at radius 3 is 2.50 bits per heavy atom. The van der Waals surface area contributed by atoms with E-state index in [0.717, 1.165) is 18.9 Å². The van der Waals surface area contributed by atoms with Crippen molar-refractivity contribution in [3.63, 3.8) is 0 Å². The van der Waals surface area contributed by atoms with E-state index in [1.807, 2.05) is 0 Å². The van der Waals surface area contributed by atoms with Crippen molar-refractivity contribution in [1.29, 1.82) is 0 Å². The Hall–Kier alpha value is -0.0900. The number of thioether (sulfide) groups is 1. The molecule has 3 rings (SSSR count). The van der Waals surface area contributed by atoms with Crippen LogP contribution in [0.5, 0.6) is 0 Å². The van der Waals surface area contributed by atoms with E-state index < -0.39 is 41.3 Å². The molecule has 2 heterocycles. The number of aliphatic hydroxyl groups excluding tert-OH is 3. The van der Waals surface area contributed by atoms with Crippen LogP contribution in [0, 0.1) is 11.8 Å². The number of hydrogen-bond donors (Lipinski definition) is 5. The summed E-state index contributed by atoms with van der Waals surface area (Å²) in [6, 6.07) is -0.930. The van der Waals surface area contributed by atoms with Crippen molar-refractivity contribution in [3.8, 4) is 0 Å². The van der Waals surface area contributed by atoms with Gasteiger partial charge in [-0.05, 0) is 31.4 Å². The average Bonchev–Trinajstić information content (AvgIpc) is 3.39. The number of nitrogens with one attached hydrogen (secondary N) is 2. The SMILES string of the molecule is CS[C@H]1O[C@H]([C@H](NC(=O)[C@H]2NC[C@@H]2CC2CC2)[C@H](C)Cl)[C@H](O)[C@H](O)[C@H]1O. The van der Waals surface area contributed by atoms with E-state index in [1.165, 1.54) is 24.6 Å². The smallest absolute Gasteiger partial charge is 0.237 e. The molecule has 2 aliphatic heterocycles. The van der Waals surface area contributed by atoms with Gasteiger partial charge < -0.3 is 30.7 Å². The lowest BCUT2D eigenvalue weighted by Gasteiger charge is -2.45. The van der Waals surface area contributed by atoms with Crippen LogP contribution >= 0.6 is 23.4 Å². The molecule has 9 heteroatoms. The molecule has 0 aromatic carbocycles. The normalized spacial score (nSPS) is 42.6. The molecule has 2 saturated heterocycles. The van der Waals surface area contributed by atoms with Gasteiger partial charge in [0.2, 0.25) is 5.91 Å². The van der Waals surface area contributed by atoms with Gasteiger partial charge >= 0.3 is 0 Å². The van der Waals surface area contributed by atoms with Gasteiger partial charge in [-0.15, -0.1) is 23.4 Å². The highest BCUT2D eigenvalue weighted by atomic mass is 35.5. The Labute approximate surface area is 163 Å². The summed E-state index contributed by atoms with van der Waals surface area (Å²) in [6.45, 7) is 2.56. The first-order valence-corrected chi connectivity index (χ1v) is 11.0. The molecule has 3 aliphatic rings. The van der Waals surface area contributed by atoms with E-state index in [-0.39, 0.29) is 11.9 Å². The number of ether oxygens (including phenoxy) is 1. The quantitative estimate of drug-likeness (QED) is 0.366. The lowest BCUT2D eigenvalue weighted by atomic mass is 9.85. The van der Waals surface area contributed by atoms with E-state index in [9.17, 15) is 20.1 Å². The third-order valence-corrected chi connectivity index (χ3v) is 6.81. The van der Waals surface area contributed by atoms with Crippen LogP contribution < -0.4 is 10.6 Å². The van der Waals surface area contributed by atoms with Gasteiger partial charge in [-0.1, -0.05) is 12.8 Å². The topological polar surface area (TPSA) is 111 Å². The van der Waals surface area contributed by atoms with E-state index in [2.05, 4.69) is 10.6 Å². The van der Waals surface area contributed by atoms with Gasteiger partial charge in [-0.25, -0.2) is 0 Å². The number of aliphatic hydroxyl groups is 3. The van der Waals surface area contributed by atoms with Crippen LogP contribution in [-0.4, -0.2) is 81.3 Å². The van der Waals surface area contributed by atoms with Gasteiger partial charge in [0, 0.05) is 6.54 Å². The molecular formula is C17H29ClN2O5S. The Bertz CT molecular complexity index is 508. The Kier molecular flexibility index (Phi) is 6.75. The molecule has 0 spiro atoms. The molecule has 0 aromatic rings. The van der Waals surface area contributed by atoms with E-state index >= 15 is 0 Å². The third-order valence-electron chi connectivity index (χ3n) is 5.68. The maximum absolute atomic E-state index is 12.7. The predicted molar refractivity (Wildman–Crippen MR) is 100 cm³/mol. The van der Waals surface area contributed by atoms with Crippen molar-refractivity contribution in [2.45, 2.75) is 73.5 Å². The molecule has 1 amide bonds. The number of hydrogen-bond acceptors (Lipinski definition) is 7. The highest BCUT2D eigenvalue weighted by Crippen LogP contribution is 2.38. The molecule has 1 saturated carbocycles. The Morgan fingerprint density at radius 2 is 2.00 bits per heavy atom. The summed E-state index contributed by atoms with van der Waals surface area (Å²) in [5, 5.41) is 36.1. The van der Waals surface area contributed by atoms with E-state index in [0.29, 0.717) is 5.92 Å². The predicted octanol–water partition coefficient (Wildman–Crippen LogP) is -0.343. The molecule has 1 aliphatic carbocycles. The first kappa shape index (κ1) is 20.6. The minimum Gasteiger partial charge on any atom is -0.388 e. The van der Waals surface area contributed by atoms with Crippen molar-refractivity contribution in [2.24, 2.45) is 11.8 Å². The van der Waals surface area contributed by atoms with Crippen LogP contribution in [0.2, 0.25) is 0 Å². The number of rotatable bonds is 7. The van der Waals surface area contributed by atoms with Crippen LogP contribution in [0.15, 0.2) is 0 Å². The second-order valence-electron chi connectivity index (χ2n) is 7.71. The van der Waals surface area contributed by atoms with Gasteiger partial charge in [-0.2, -0.15) is 0 Å². The van der Waals surface area contributed by atoms with Crippen LogP contribution in [0.3, 0.4) is 0 Å². The molecule has 0 unspecified atom stereocenters. The fourth-order valence-corrected chi connectivity index (χ4v) is 4.67. The Balaban J connectivity index is 1.65. The van der Waals surface area contributed by atoms with Gasteiger partial charge in [0.25, 0.3) is 0 Å². The summed E-state index contributed by atoms with van der Waals surface area (Å²) in [5.41, 5.74) is -0.697. The van der Waals surface area contributed by atoms with Crippen LogP contribution in [0.4, 0.5) is 0 Å². The van der Waals surface area contributed by atoms with Crippen molar-refractivity contribution in [1.82, 2.24) is 10.6 Å². The van der Waals surface area contributed by atoms with Crippen LogP contribution in [0.25, 0.3) is 0 Å². The number of carbonyl (C=O) groups excluding carboxylic acids is 1. The van der Waals surface area contributed by atoms with Crippen molar-refractivity contribution in [3.05, 3.63) is 0 Å². The number of alkyl halides is 1. The summed E-state index contributed by atoms with van der Waals surface area (Å²) in [5.74, 6) is 0.927. The van der Waals surface area contributed by atoms with Crippen LogP contribution in [-0.2, 0) is 9.53 Å². The zero-order valence-electron chi connectivity index (χ0n) is 15.0. The van der Waals surface area contributed by atoms with E-state index in [4.69, 9.17) is 16.3 Å². The molecule has 150 valence electrons. The molecule has 7 nitrogen and oxygen atoms in total. The summed E-state index contributed by atoms with van der Waals surface area (Å²) < 4.78 is 5.77. The molecule has 5 N–H and O–H groups in total. The summed E-state index contributed by atoms with van der Waals surface area (Å²) in [7, 11) is 0. The maximum atomic E-state index is 12.7. The van der Waals surface area contributed by atoms with Gasteiger partial charge in [0.05, 0.1) is 17.5 Å². The largest absolute Gasteiger partial charge is 0.388 e. The highest BCUT2D eigenvalue weighted by molar-refractivity contribution is 7.99. The fourth-order valence-electron chi connectivity index (χ4n) is 3.79. The lowest BCUT2D eigenvalue weighted by molar-refractivity contribution is -0.205. The minimum atomic E-state index is -1.36. The van der Waals surface area contributed by atoms with Crippen molar-refractivity contribution in [2.75, 3.05) is 12.8 Å². The number of halogens is 1. The van der Waals surface area contributed by atoms with Gasteiger partial charge in [0.1, 0.15) is 29.9 Å². The van der Waals surface area contributed by atoms with Crippen molar-refractivity contribution < 1.29 is 24.9 Å². The first-order chi connectivity index (χ1) is 12.3. The standard InChI is InChI=1S/C17H29ClN2O5S/c1-7(18)10(15-13(22)12(21)14(23)17(25-15)26-2)20-16(24)11-9(6-19-11)5-8-3-4-8/h7-15,17,19,21-23H,3-6H2,1-2H3,(H,20,24)/t7-,9-,10+,11-,12-,13+,14+,15+,17+/m0/s1. The second-order valence-corrected chi connectivity index (χ2v) is 9.34. The average molecular weight is 409 g/mol. The third kappa shape index (κ3) is 4.32. The summed E-state index contributed by atoms with van der Waals surface area (Å²) in [6.07, 6.45) is 0.526. The fraction of sp³-hybridized carbons (Fsp3) is 0.941. The number of amides is 1. The molecule has 9 atom stereocenters. The van der Waals surface area contributed by atoms with Gasteiger partial charge in [0.15, 0.2) is 0 Å². The number of carbonyl (C=O) groups is 1. The Morgan fingerprint density at radius 1 is 1.31 bits per heavy atom. The first-order valence-electron chi connectivity index (χ1n) is 9.23. The molecule has 0 aromatic heterocycles. The molecule has 0 radical (unpaired) electrons. The molecule has 0 bridgehead atoms. The highest BCUT2D eigenvalue weighted by Gasteiger charge is 2.49. The molecule has 3 fully saturated rings. The van der Waals surface area contributed by atoms with Crippen LogP contribution in [0.1, 0.15) is 26.2 Å². The zero-order chi connectivity index (χ0) is 19.0. The second kappa shape index (κ2) is 8.51. The van der Waals surface area contributed by atoms with Crippen molar-refractivity contribution >= 4 is 29.3 Å². The monoisotopic (exact) mass is 408 g/mol. The van der Waals surface area contributed by atoms with E-state index in [1.54, 1.807) is 13.2 Å². The molecule has 26 heavy (non-hydrogen) atoms. The minimum absolute atomic E-state index is 0.156. The summed E-state index contributed by atoms with van der Waals surface area (Å²) >= 11 is 7.52. The lowest BCUT2D eigenvalue weighted by Crippen LogP contribution is -2.67. The molecular weight excluding hydrogens is 380 g/mol. The maximum Gasteiger partial charge on any atom is 0.237 e. The van der Waals surface area contributed by atoms with Gasteiger partial charge in [-0.3, -0.25) is 4.79 Å². The summed E-state index contributed by atoms with van der Waals surface area (Å²) in [4.78, 5) is 12.7. The zero-order valence-corrected chi connectivity index (χ0v) is 16.6.